The van der Waals surface area contributed by atoms with Gasteiger partial charge in [-0.3, -0.25) is 0 Å². The molecule has 4 heteroatoms. The number of aliphatic hydroxyl groups excluding tert-OH is 1. The Labute approximate surface area is 131 Å². The van der Waals surface area contributed by atoms with Gasteiger partial charge in [-0.1, -0.05) is 11.1 Å². The van der Waals surface area contributed by atoms with Crippen molar-refractivity contribution in [2.45, 2.75) is 40.5 Å². The van der Waals surface area contributed by atoms with Gasteiger partial charge in [0.25, 0.3) is 0 Å². The first-order chi connectivity index (χ1) is 6.09. The van der Waals surface area contributed by atoms with E-state index in [9.17, 15) is 0 Å². The summed E-state index contributed by atoms with van der Waals surface area (Å²) < 4.78 is 0. The predicted octanol–water partition coefficient (Wildman–Crippen LogP) is -2.93. The molecule has 1 nitrogen and oxygen atoms in total. The Bertz CT molecular complexity index is 248. The molecule has 0 spiro atoms. The molecule has 0 aromatic heterocycles. The SMILES string of the molecule is CC1=C(C)C(CCCO)C(C)=C1C.[Cl-].[Cl-].[Zr+2]. The molecular formula is C12H20Cl2OZr. The van der Waals surface area contributed by atoms with Crippen molar-refractivity contribution in [1.29, 1.82) is 0 Å². The van der Waals surface area contributed by atoms with Crippen LogP contribution in [-0.4, -0.2) is 11.7 Å². The van der Waals surface area contributed by atoms with Crippen LogP contribution in [0.2, 0.25) is 0 Å². The first-order valence-electron chi connectivity index (χ1n) is 5.05. The molecule has 16 heavy (non-hydrogen) atoms. The van der Waals surface area contributed by atoms with Gasteiger partial charge in [0.2, 0.25) is 0 Å². The van der Waals surface area contributed by atoms with Crippen LogP contribution in [0.4, 0.5) is 0 Å². The van der Waals surface area contributed by atoms with E-state index in [2.05, 4.69) is 27.7 Å². The number of hydrogen-bond donors (Lipinski definition) is 1. The molecule has 1 aliphatic carbocycles. The molecular weight excluding hydrogens is 322 g/mol. The Kier molecular flexibility index (Phi) is 13.7. The van der Waals surface area contributed by atoms with Gasteiger partial charge in [-0.05, 0) is 51.7 Å². The van der Waals surface area contributed by atoms with Crippen LogP contribution in [0.3, 0.4) is 0 Å². The van der Waals surface area contributed by atoms with Gasteiger partial charge in [-0.15, -0.1) is 0 Å². The van der Waals surface area contributed by atoms with Crippen molar-refractivity contribution in [2.24, 2.45) is 5.92 Å². The summed E-state index contributed by atoms with van der Waals surface area (Å²) in [6.07, 6.45) is 2.02. The van der Waals surface area contributed by atoms with Crippen LogP contribution in [0.5, 0.6) is 0 Å². The molecule has 0 heterocycles. The second kappa shape index (κ2) is 9.88. The molecule has 0 unspecified atom stereocenters. The molecule has 0 aromatic rings. The maximum atomic E-state index is 8.80. The van der Waals surface area contributed by atoms with Crippen LogP contribution in [0.25, 0.3) is 0 Å². The van der Waals surface area contributed by atoms with E-state index >= 15 is 0 Å². The number of hydrogen-bond acceptors (Lipinski definition) is 1. The van der Waals surface area contributed by atoms with Gasteiger partial charge in [-0.2, -0.15) is 0 Å². The quantitative estimate of drug-likeness (QED) is 0.582. The minimum Gasteiger partial charge on any atom is -1.00 e. The molecule has 0 aliphatic heterocycles. The maximum absolute atomic E-state index is 8.80. The van der Waals surface area contributed by atoms with Crippen molar-refractivity contribution in [3.63, 3.8) is 0 Å². The van der Waals surface area contributed by atoms with E-state index in [0.717, 1.165) is 12.8 Å². The normalized spacial score (nSPS) is 15.6. The standard InChI is InChI=1S/C12H20O.2ClH.Zr/c1-8-9(2)11(4)12(10(8)3)6-5-7-13;;;/h12-13H,5-7H2,1-4H3;2*1H;/q;;;+2/p-2. The third-order valence-electron chi connectivity index (χ3n) is 3.44. The van der Waals surface area contributed by atoms with Crippen molar-refractivity contribution < 1.29 is 56.1 Å². The fourth-order valence-electron chi connectivity index (χ4n) is 2.17. The van der Waals surface area contributed by atoms with Crippen molar-refractivity contribution >= 4 is 0 Å². The second-order valence-corrected chi connectivity index (χ2v) is 4.03. The van der Waals surface area contributed by atoms with Crippen molar-refractivity contribution in [2.75, 3.05) is 6.61 Å². The average molecular weight is 342 g/mol. The molecule has 0 saturated heterocycles. The second-order valence-electron chi connectivity index (χ2n) is 4.03. The predicted molar refractivity (Wildman–Crippen MR) is 56.6 cm³/mol. The average Bonchev–Trinajstić information content (AvgIpc) is 2.30. The molecule has 0 aromatic carbocycles. The molecule has 0 amide bonds. The molecule has 0 bridgehead atoms. The zero-order chi connectivity index (χ0) is 10.0. The molecule has 0 atom stereocenters. The van der Waals surface area contributed by atoms with E-state index in [1.807, 2.05) is 0 Å². The zero-order valence-electron chi connectivity index (χ0n) is 10.4. The molecule has 0 fully saturated rings. The monoisotopic (exact) mass is 340 g/mol. The number of allylic oxidation sites excluding steroid dienone is 4. The van der Waals surface area contributed by atoms with Crippen LogP contribution < -0.4 is 24.8 Å². The summed E-state index contributed by atoms with van der Waals surface area (Å²) in [6.45, 7) is 9.16. The van der Waals surface area contributed by atoms with Gasteiger partial charge in [0.15, 0.2) is 0 Å². The number of aliphatic hydroxyl groups is 1. The van der Waals surface area contributed by atoms with Crippen LogP contribution >= 0.6 is 0 Å². The van der Waals surface area contributed by atoms with E-state index in [0.29, 0.717) is 12.5 Å². The van der Waals surface area contributed by atoms with Crippen LogP contribution in [0.1, 0.15) is 40.5 Å². The van der Waals surface area contributed by atoms with Gasteiger partial charge >= 0.3 is 26.2 Å². The zero-order valence-corrected chi connectivity index (χ0v) is 14.4. The Hall–Kier alpha value is 0.903. The van der Waals surface area contributed by atoms with Gasteiger partial charge in [0.05, 0.1) is 0 Å². The minimum absolute atomic E-state index is 0. The number of halogens is 2. The van der Waals surface area contributed by atoms with Crippen molar-refractivity contribution in [3.05, 3.63) is 22.3 Å². The molecule has 1 rings (SSSR count). The summed E-state index contributed by atoms with van der Waals surface area (Å²) in [6, 6.07) is 0. The maximum Gasteiger partial charge on any atom is 2.00 e. The Morgan fingerprint density at radius 3 is 1.62 bits per heavy atom. The van der Waals surface area contributed by atoms with Crippen molar-refractivity contribution in [3.8, 4) is 0 Å². The molecule has 92 valence electrons. The molecule has 0 radical (unpaired) electrons. The van der Waals surface area contributed by atoms with Crippen LogP contribution in [0, 0.1) is 5.92 Å². The molecule has 1 aliphatic rings. The number of rotatable bonds is 3. The smallest absolute Gasteiger partial charge is 1.00 e. The minimum atomic E-state index is 0. The van der Waals surface area contributed by atoms with Crippen LogP contribution in [-0.2, 0) is 26.2 Å². The van der Waals surface area contributed by atoms with E-state index in [1.165, 1.54) is 22.3 Å². The third kappa shape index (κ3) is 4.65. The topological polar surface area (TPSA) is 20.2 Å². The van der Waals surface area contributed by atoms with E-state index in [1.54, 1.807) is 0 Å². The summed E-state index contributed by atoms with van der Waals surface area (Å²) in [7, 11) is 0. The summed E-state index contributed by atoms with van der Waals surface area (Å²) in [5.41, 5.74) is 5.92. The summed E-state index contributed by atoms with van der Waals surface area (Å²) in [5.74, 6) is 0.604. The summed E-state index contributed by atoms with van der Waals surface area (Å²) in [5, 5.41) is 8.80. The Balaban J connectivity index is -0.000000563. The van der Waals surface area contributed by atoms with Gasteiger partial charge in [0, 0.05) is 12.5 Å². The van der Waals surface area contributed by atoms with Gasteiger partial charge in [0.1, 0.15) is 0 Å². The Morgan fingerprint density at radius 2 is 1.31 bits per heavy atom. The first-order valence-corrected chi connectivity index (χ1v) is 5.05. The molecule has 0 saturated carbocycles. The van der Waals surface area contributed by atoms with E-state index < -0.39 is 0 Å². The van der Waals surface area contributed by atoms with Crippen molar-refractivity contribution in [1.82, 2.24) is 0 Å². The largest absolute Gasteiger partial charge is 2.00 e. The van der Waals surface area contributed by atoms with Gasteiger partial charge < -0.3 is 29.9 Å². The van der Waals surface area contributed by atoms with E-state index in [4.69, 9.17) is 5.11 Å². The molecule has 1 N–H and O–H groups in total. The van der Waals surface area contributed by atoms with E-state index in [-0.39, 0.29) is 51.0 Å². The first kappa shape index (κ1) is 22.1. The Morgan fingerprint density at radius 1 is 0.938 bits per heavy atom. The fourth-order valence-corrected chi connectivity index (χ4v) is 2.17. The third-order valence-corrected chi connectivity index (χ3v) is 3.44. The fraction of sp³-hybridized carbons (Fsp3) is 0.667. The summed E-state index contributed by atoms with van der Waals surface area (Å²) >= 11 is 0. The van der Waals surface area contributed by atoms with Crippen LogP contribution in [0.15, 0.2) is 22.3 Å². The van der Waals surface area contributed by atoms with Gasteiger partial charge in [-0.25, -0.2) is 0 Å². The summed E-state index contributed by atoms with van der Waals surface area (Å²) in [4.78, 5) is 0.